The van der Waals surface area contributed by atoms with Crippen LogP contribution < -0.4 is 5.32 Å². The van der Waals surface area contributed by atoms with Gasteiger partial charge in [0.1, 0.15) is 0 Å². The van der Waals surface area contributed by atoms with E-state index in [9.17, 15) is 14.2 Å². The summed E-state index contributed by atoms with van der Waals surface area (Å²) in [6.45, 7) is 8.90. The molecule has 0 aromatic carbocycles. The Kier molecular flexibility index (Phi) is 9.49. The quantitative estimate of drug-likeness (QED) is 0.490. The van der Waals surface area contributed by atoms with Gasteiger partial charge in [-0.25, -0.2) is 4.79 Å². The van der Waals surface area contributed by atoms with Crippen LogP contribution in [0.25, 0.3) is 0 Å². The lowest BCUT2D eigenvalue weighted by molar-refractivity contribution is -0.145. The first-order valence-electron chi connectivity index (χ1n) is 7.15. The highest BCUT2D eigenvalue weighted by atomic mass is 31.2. The van der Waals surface area contributed by atoms with E-state index in [2.05, 4.69) is 5.32 Å². The van der Waals surface area contributed by atoms with Crippen LogP contribution in [0.15, 0.2) is 0 Å². The minimum Gasteiger partial charge on any atom is -0.464 e. The van der Waals surface area contributed by atoms with Gasteiger partial charge in [-0.15, -0.1) is 0 Å². The van der Waals surface area contributed by atoms with Gasteiger partial charge in [0.05, 0.1) is 19.8 Å². The number of esters is 1. The molecule has 1 atom stereocenters. The highest BCUT2D eigenvalue weighted by Gasteiger charge is 2.43. The molecule has 0 rings (SSSR count). The van der Waals surface area contributed by atoms with Gasteiger partial charge in [0, 0.05) is 6.42 Å². The molecule has 21 heavy (non-hydrogen) atoms. The maximum atomic E-state index is 12.7. The molecule has 0 aromatic rings. The van der Waals surface area contributed by atoms with Gasteiger partial charge in [-0.05, 0) is 26.7 Å². The minimum absolute atomic E-state index is 0.0905. The Morgan fingerprint density at radius 2 is 1.57 bits per heavy atom. The first-order chi connectivity index (χ1) is 9.80. The third-order valence-corrected chi connectivity index (χ3v) is 4.54. The van der Waals surface area contributed by atoms with Gasteiger partial charge < -0.3 is 19.1 Å². The molecule has 0 spiro atoms. The summed E-state index contributed by atoms with van der Waals surface area (Å²) < 4.78 is 27.8. The van der Waals surface area contributed by atoms with E-state index in [1.165, 1.54) is 0 Å². The number of amides is 1. The highest BCUT2D eigenvalue weighted by Crippen LogP contribution is 2.52. The number of ether oxygens (including phenoxy) is 1. The van der Waals surface area contributed by atoms with Gasteiger partial charge >= 0.3 is 13.6 Å². The molecule has 0 aromatic heterocycles. The van der Waals surface area contributed by atoms with Gasteiger partial charge in [-0.1, -0.05) is 13.8 Å². The molecule has 0 bridgehead atoms. The summed E-state index contributed by atoms with van der Waals surface area (Å²) in [4.78, 5) is 23.9. The lowest BCUT2D eigenvalue weighted by atomic mass is 10.1. The van der Waals surface area contributed by atoms with E-state index >= 15 is 0 Å². The summed E-state index contributed by atoms with van der Waals surface area (Å²) >= 11 is 0. The van der Waals surface area contributed by atoms with E-state index in [0.717, 1.165) is 0 Å². The van der Waals surface area contributed by atoms with Gasteiger partial charge in [0.25, 0.3) is 0 Å². The van der Waals surface area contributed by atoms with Crippen LogP contribution >= 0.6 is 7.60 Å². The van der Waals surface area contributed by atoms with Crippen molar-refractivity contribution in [2.75, 3.05) is 19.8 Å². The standard InChI is InChI=1S/C13H26NO6P/c1-6-18-13(16)12(14-11(15)9-10(4)5)21(17,19-7-2)20-8-3/h10,12H,6-9H2,1-5H3,(H,14,15). The van der Waals surface area contributed by atoms with Crippen LogP contribution in [0.2, 0.25) is 0 Å². The molecular formula is C13H26NO6P. The molecule has 0 aliphatic carbocycles. The molecule has 0 fully saturated rings. The van der Waals surface area contributed by atoms with Crippen molar-refractivity contribution >= 4 is 19.5 Å². The molecule has 7 nitrogen and oxygen atoms in total. The third-order valence-electron chi connectivity index (χ3n) is 2.34. The van der Waals surface area contributed by atoms with Crippen LogP contribution in [0.4, 0.5) is 0 Å². The second-order valence-electron chi connectivity index (χ2n) is 4.70. The van der Waals surface area contributed by atoms with Gasteiger partial charge in [0.15, 0.2) is 0 Å². The summed E-state index contributed by atoms with van der Waals surface area (Å²) in [6.07, 6.45) is 0.203. The van der Waals surface area contributed by atoms with Crippen molar-refractivity contribution in [3.8, 4) is 0 Å². The average molecular weight is 323 g/mol. The lowest BCUT2D eigenvalue weighted by Gasteiger charge is -2.25. The highest BCUT2D eigenvalue weighted by molar-refractivity contribution is 7.55. The molecule has 124 valence electrons. The molecule has 0 saturated heterocycles. The molecular weight excluding hydrogens is 297 g/mol. The Morgan fingerprint density at radius 3 is 1.95 bits per heavy atom. The van der Waals surface area contributed by atoms with Crippen molar-refractivity contribution in [3.05, 3.63) is 0 Å². The van der Waals surface area contributed by atoms with Crippen LogP contribution in [-0.4, -0.2) is 37.5 Å². The Hall–Kier alpha value is -0.910. The van der Waals surface area contributed by atoms with Gasteiger partial charge in [-0.2, -0.15) is 0 Å². The molecule has 0 heterocycles. The minimum atomic E-state index is -3.82. The van der Waals surface area contributed by atoms with E-state index in [-0.39, 0.29) is 32.2 Å². The summed E-state index contributed by atoms with van der Waals surface area (Å²) in [6, 6.07) is 0. The molecule has 1 unspecified atom stereocenters. The molecule has 0 aliphatic rings. The fourth-order valence-corrected chi connectivity index (χ4v) is 3.34. The van der Waals surface area contributed by atoms with Crippen molar-refractivity contribution in [1.29, 1.82) is 0 Å². The zero-order valence-corrected chi connectivity index (χ0v) is 14.3. The van der Waals surface area contributed by atoms with Crippen LogP contribution in [0.5, 0.6) is 0 Å². The molecule has 8 heteroatoms. The van der Waals surface area contributed by atoms with Crippen molar-refractivity contribution in [2.45, 2.75) is 46.8 Å². The number of hydrogen-bond donors (Lipinski definition) is 1. The van der Waals surface area contributed by atoms with Gasteiger partial charge in [0.2, 0.25) is 11.7 Å². The third kappa shape index (κ3) is 7.07. The zero-order chi connectivity index (χ0) is 16.5. The monoisotopic (exact) mass is 323 g/mol. The van der Waals surface area contributed by atoms with E-state index < -0.39 is 25.3 Å². The second-order valence-corrected chi connectivity index (χ2v) is 6.81. The SMILES string of the molecule is CCOC(=O)C(NC(=O)CC(C)C)P(=O)(OCC)OCC. The number of nitrogens with one attached hydrogen (secondary N) is 1. The van der Waals surface area contributed by atoms with Crippen LogP contribution in [0.3, 0.4) is 0 Å². The maximum absolute atomic E-state index is 12.7. The zero-order valence-electron chi connectivity index (χ0n) is 13.4. The normalized spacial score (nSPS) is 13.0. The molecule has 1 N–H and O–H groups in total. The van der Waals surface area contributed by atoms with Crippen molar-refractivity contribution in [1.82, 2.24) is 5.32 Å². The fraction of sp³-hybridized carbons (Fsp3) is 0.846. The fourth-order valence-electron chi connectivity index (χ4n) is 1.62. The number of hydrogen-bond acceptors (Lipinski definition) is 6. The molecule has 1 amide bonds. The van der Waals surface area contributed by atoms with Crippen LogP contribution in [0.1, 0.15) is 41.0 Å². The summed E-state index contributed by atoms with van der Waals surface area (Å²) in [7, 11) is -3.82. The molecule has 0 radical (unpaired) electrons. The summed E-state index contributed by atoms with van der Waals surface area (Å²) in [5.74, 6) is -2.56. The predicted molar refractivity (Wildman–Crippen MR) is 78.9 cm³/mol. The second kappa shape index (κ2) is 9.92. The molecule has 0 saturated carbocycles. The maximum Gasteiger partial charge on any atom is 0.364 e. The van der Waals surface area contributed by atoms with E-state index in [0.29, 0.717) is 0 Å². The van der Waals surface area contributed by atoms with Gasteiger partial charge in [-0.3, -0.25) is 9.36 Å². The van der Waals surface area contributed by atoms with Crippen molar-refractivity contribution in [2.24, 2.45) is 5.92 Å². The number of carbonyl (C=O) groups excluding carboxylic acids is 2. The summed E-state index contributed by atoms with van der Waals surface area (Å²) in [5, 5.41) is 2.42. The Morgan fingerprint density at radius 1 is 1.05 bits per heavy atom. The van der Waals surface area contributed by atoms with Crippen LogP contribution in [-0.2, 0) is 27.9 Å². The first-order valence-corrected chi connectivity index (χ1v) is 8.76. The van der Waals surface area contributed by atoms with E-state index in [1.807, 2.05) is 13.8 Å². The number of rotatable bonds is 10. The van der Waals surface area contributed by atoms with E-state index in [1.54, 1.807) is 20.8 Å². The lowest BCUT2D eigenvalue weighted by Crippen LogP contribution is -2.43. The average Bonchev–Trinajstić information content (AvgIpc) is 2.35. The van der Waals surface area contributed by atoms with Crippen molar-refractivity contribution in [3.63, 3.8) is 0 Å². The van der Waals surface area contributed by atoms with Crippen LogP contribution in [0, 0.1) is 5.92 Å². The molecule has 0 aliphatic heterocycles. The van der Waals surface area contributed by atoms with E-state index in [4.69, 9.17) is 13.8 Å². The Labute approximate surface area is 126 Å². The first kappa shape index (κ1) is 20.1. The largest absolute Gasteiger partial charge is 0.464 e. The predicted octanol–water partition coefficient (Wildman–Crippen LogP) is 2.30. The topological polar surface area (TPSA) is 90.9 Å². The smallest absolute Gasteiger partial charge is 0.364 e. The Bertz CT molecular complexity index is 375. The number of carbonyl (C=O) groups is 2. The Balaban J connectivity index is 5.22. The van der Waals surface area contributed by atoms with Crippen molar-refractivity contribution < 1.29 is 27.9 Å². The summed E-state index contributed by atoms with van der Waals surface area (Å²) in [5.41, 5.74) is 0.